The molecular formula is C15H16BrNO6. The first-order chi connectivity index (χ1) is 10.9. The normalized spacial score (nSPS) is 20.6. The van der Waals surface area contributed by atoms with Gasteiger partial charge in [0, 0.05) is 24.6 Å². The van der Waals surface area contributed by atoms with Gasteiger partial charge in [0.15, 0.2) is 11.5 Å². The van der Waals surface area contributed by atoms with Gasteiger partial charge in [0.1, 0.15) is 0 Å². The zero-order valence-corrected chi connectivity index (χ0v) is 14.0. The summed E-state index contributed by atoms with van der Waals surface area (Å²) in [6.07, 6.45) is -0.134. The third-order valence-electron chi connectivity index (χ3n) is 4.33. The molecule has 0 spiro atoms. The number of hydrogen-bond acceptors (Lipinski definition) is 4. The van der Waals surface area contributed by atoms with Gasteiger partial charge in [-0.25, -0.2) is 9.59 Å². The zero-order valence-electron chi connectivity index (χ0n) is 12.4. The highest BCUT2D eigenvalue weighted by atomic mass is 79.9. The van der Waals surface area contributed by atoms with Crippen molar-refractivity contribution in [1.82, 2.24) is 4.90 Å². The highest BCUT2D eigenvalue weighted by Gasteiger charge is 2.38. The lowest BCUT2D eigenvalue weighted by atomic mass is 9.96. The van der Waals surface area contributed by atoms with Gasteiger partial charge in [-0.2, -0.15) is 0 Å². The monoisotopic (exact) mass is 385 g/mol. The standard InChI is InChI=1S/C15H16BrNO6/c1-7-9(13(18)19)6-10(16)12-11(7)22-14(23-12)8-2-4-17(5-3-8)15(20)21/h6,8,14H,2-5H2,1H3,(H,18,19)(H,20,21). The Labute approximate surface area is 140 Å². The molecule has 0 aliphatic carbocycles. The molecule has 1 atom stereocenters. The first-order valence-electron chi connectivity index (χ1n) is 7.26. The van der Waals surface area contributed by atoms with E-state index in [1.54, 1.807) is 6.92 Å². The summed E-state index contributed by atoms with van der Waals surface area (Å²) in [5.41, 5.74) is 0.696. The highest BCUT2D eigenvalue weighted by Crippen LogP contribution is 2.47. The van der Waals surface area contributed by atoms with Crippen LogP contribution in [0, 0.1) is 12.8 Å². The molecular weight excluding hydrogens is 370 g/mol. The van der Waals surface area contributed by atoms with Crippen molar-refractivity contribution in [3.63, 3.8) is 0 Å². The van der Waals surface area contributed by atoms with Crippen molar-refractivity contribution in [2.24, 2.45) is 5.92 Å². The number of hydrogen-bond donors (Lipinski definition) is 2. The van der Waals surface area contributed by atoms with Crippen LogP contribution in [0.2, 0.25) is 0 Å². The number of carboxylic acids is 1. The fraction of sp³-hybridized carbons (Fsp3) is 0.467. The van der Waals surface area contributed by atoms with E-state index >= 15 is 0 Å². The second kappa shape index (κ2) is 5.92. The Kier molecular flexibility index (Phi) is 4.09. The van der Waals surface area contributed by atoms with Gasteiger partial charge >= 0.3 is 12.1 Å². The first kappa shape index (κ1) is 15.9. The van der Waals surface area contributed by atoms with Crippen LogP contribution in [0.15, 0.2) is 10.5 Å². The lowest BCUT2D eigenvalue weighted by Crippen LogP contribution is -2.42. The molecule has 2 N–H and O–H groups in total. The second-order valence-corrected chi connectivity index (χ2v) is 6.56. The maximum Gasteiger partial charge on any atom is 0.407 e. The molecule has 3 rings (SSSR count). The summed E-state index contributed by atoms with van der Waals surface area (Å²) >= 11 is 3.33. The third kappa shape index (κ3) is 2.83. The molecule has 1 aromatic rings. The van der Waals surface area contributed by atoms with Crippen LogP contribution in [-0.2, 0) is 0 Å². The molecule has 0 saturated carbocycles. The van der Waals surface area contributed by atoms with E-state index in [1.807, 2.05) is 0 Å². The number of rotatable bonds is 2. The molecule has 2 heterocycles. The average Bonchev–Trinajstić information content (AvgIpc) is 2.97. The van der Waals surface area contributed by atoms with Crippen LogP contribution < -0.4 is 9.47 Å². The Hall–Kier alpha value is -1.96. The maximum atomic E-state index is 11.3. The Morgan fingerprint density at radius 1 is 1.22 bits per heavy atom. The van der Waals surface area contributed by atoms with Crippen molar-refractivity contribution in [2.75, 3.05) is 13.1 Å². The summed E-state index contributed by atoms with van der Waals surface area (Å²) in [6, 6.07) is 1.51. The number of amides is 1. The highest BCUT2D eigenvalue weighted by molar-refractivity contribution is 9.10. The van der Waals surface area contributed by atoms with Crippen molar-refractivity contribution in [1.29, 1.82) is 0 Å². The number of piperidine rings is 1. The number of likely N-dealkylation sites (tertiary alicyclic amines) is 1. The van der Waals surface area contributed by atoms with Gasteiger partial charge in [-0.3, -0.25) is 0 Å². The summed E-state index contributed by atoms with van der Waals surface area (Å²) in [6.45, 7) is 2.58. The Bertz CT molecular complexity index is 668. The smallest absolute Gasteiger partial charge is 0.407 e. The Morgan fingerprint density at radius 3 is 2.39 bits per heavy atom. The van der Waals surface area contributed by atoms with Crippen molar-refractivity contribution in [3.8, 4) is 11.5 Å². The van der Waals surface area contributed by atoms with Crippen LogP contribution >= 0.6 is 15.9 Å². The van der Waals surface area contributed by atoms with Gasteiger partial charge in [0.05, 0.1) is 10.0 Å². The summed E-state index contributed by atoms with van der Waals surface area (Å²) in [5.74, 6) is 0.00555. The summed E-state index contributed by atoms with van der Waals surface area (Å²) in [7, 11) is 0. The van der Waals surface area contributed by atoms with E-state index in [9.17, 15) is 14.7 Å². The molecule has 1 unspecified atom stereocenters. The topological polar surface area (TPSA) is 96.3 Å². The quantitative estimate of drug-likeness (QED) is 0.812. The van der Waals surface area contributed by atoms with Crippen molar-refractivity contribution >= 4 is 28.0 Å². The number of aromatic carboxylic acids is 1. The van der Waals surface area contributed by atoms with Crippen molar-refractivity contribution < 1.29 is 29.3 Å². The molecule has 2 aliphatic heterocycles. The van der Waals surface area contributed by atoms with E-state index in [-0.39, 0.29) is 11.5 Å². The number of carbonyl (C=O) groups is 2. The number of fused-ring (bicyclic) bond motifs is 1. The SMILES string of the molecule is Cc1c(C(=O)O)cc(Br)c2c1OC(C1CCN(C(=O)O)CC1)O2. The molecule has 1 fully saturated rings. The molecule has 1 saturated heterocycles. The van der Waals surface area contributed by atoms with E-state index in [4.69, 9.17) is 14.6 Å². The van der Waals surface area contributed by atoms with Crippen LogP contribution in [-0.4, -0.2) is 46.6 Å². The minimum absolute atomic E-state index is 0.0672. The summed E-state index contributed by atoms with van der Waals surface area (Å²) < 4.78 is 12.3. The third-order valence-corrected chi connectivity index (χ3v) is 4.92. The summed E-state index contributed by atoms with van der Waals surface area (Å²) in [4.78, 5) is 23.6. The van der Waals surface area contributed by atoms with E-state index in [1.165, 1.54) is 11.0 Å². The molecule has 124 valence electrons. The lowest BCUT2D eigenvalue weighted by Gasteiger charge is -2.31. The first-order valence-corrected chi connectivity index (χ1v) is 8.05. The molecule has 8 heteroatoms. The van der Waals surface area contributed by atoms with Gasteiger partial charge in [-0.1, -0.05) is 0 Å². The van der Waals surface area contributed by atoms with Crippen LogP contribution in [0.25, 0.3) is 0 Å². The minimum atomic E-state index is -1.02. The maximum absolute atomic E-state index is 11.3. The number of carboxylic acid groups (broad SMARTS) is 2. The zero-order chi connectivity index (χ0) is 16.7. The number of benzene rings is 1. The van der Waals surface area contributed by atoms with Gasteiger partial charge < -0.3 is 24.6 Å². The number of nitrogens with zero attached hydrogens (tertiary/aromatic N) is 1. The van der Waals surface area contributed by atoms with Crippen molar-refractivity contribution in [2.45, 2.75) is 26.1 Å². The van der Waals surface area contributed by atoms with Crippen LogP contribution in [0.4, 0.5) is 4.79 Å². The van der Waals surface area contributed by atoms with Gasteiger partial charge in [-0.15, -0.1) is 0 Å². The van der Waals surface area contributed by atoms with Crippen molar-refractivity contribution in [3.05, 3.63) is 21.7 Å². The van der Waals surface area contributed by atoms with Crippen LogP contribution in [0.1, 0.15) is 28.8 Å². The largest absolute Gasteiger partial charge is 0.478 e. The molecule has 7 nitrogen and oxygen atoms in total. The number of halogens is 1. The molecule has 0 aromatic heterocycles. The lowest BCUT2D eigenvalue weighted by molar-refractivity contribution is -0.0264. The fourth-order valence-corrected chi connectivity index (χ4v) is 3.49. The molecule has 0 radical (unpaired) electrons. The predicted molar refractivity (Wildman–Crippen MR) is 83.2 cm³/mol. The van der Waals surface area contributed by atoms with Gasteiger partial charge in [0.2, 0.25) is 6.29 Å². The molecule has 23 heavy (non-hydrogen) atoms. The molecule has 2 aliphatic rings. The Morgan fingerprint density at radius 2 is 1.83 bits per heavy atom. The fourth-order valence-electron chi connectivity index (χ4n) is 2.99. The van der Waals surface area contributed by atoms with Gasteiger partial charge in [-0.05, 0) is 41.8 Å². The van der Waals surface area contributed by atoms with E-state index < -0.39 is 18.4 Å². The van der Waals surface area contributed by atoms with Crippen LogP contribution in [0.5, 0.6) is 11.5 Å². The predicted octanol–water partition coefficient (Wildman–Crippen LogP) is 2.94. The average molecular weight is 386 g/mol. The minimum Gasteiger partial charge on any atom is -0.478 e. The van der Waals surface area contributed by atoms with Gasteiger partial charge in [0.25, 0.3) is 0 Å². The van der Waals surface area contributed by atoms with E-state index in [0.29, 0.717) is 47.5 Å². The van der Waals surface area contributed by atoms with E-state index in [0.717, 1.165) is 0 Å². The van der Waals surface area contributed by atoms with Crippen LogP contribution in [0.3, 0.4) is 0 Å². The summed E-state index contributed by atoms with van der Waals surface area (Å²) in [5, 5.41) is 18.2. The molecule has 0 bridgehead atoms. The molecule has 1 aromatic carbocycles. The van der Waals surface area contributed by atoms with E-state index in [2.05, 4.69) is 15.9 Å². The molecule has 1 amide bonds. The number of ether oxygens (including phenoxy) is 2. The second-order valence-electron chi connectivity index (χ2n) is 5.71. The Balaban J connectivity index is 1.77.